The molecule has 0 aromatic heterocycles. The molecule has 1 N–H and O–H groups in total. The van der Waals surface area contributed by atoms with Gasteiger partial charge in [0.05, 0.1) is 17.2 Å². The van der Waals surface area contributed by atoms with Crippen molar-refractivity contribution in [3.05, 3.63) is 35.0 Å². The third-order valence-corrected chi connectivity index (χ3v) is 3.41. The number of hydrogen-bond donors (Lipinski definition) is 1. The standard InChI is InChI=1S/C12H13N3O3S/c1-3-18-11(16)9-10(19-12(13-2)14-9)8-6-4-5-7-15(8)17/h4-7,17H,3H2,1-2H3. The normalized spacial score (nSPS) is 24.1. The first-order chi connectivity index (χ1) is 9.17. The summed E-state index contributed by atoms with van der Waals surface area (Å²) in [4.78, 5) is 20.5. The fraction of sp³-hybridized carbons (Fsp3) is 0.250. The van der Waals surface area contributed by atoms with E-state index in [9.17, 15) is 10.0 Å². The van der Waals surface area contributed by atoms with Crippen LogP contribution in [0.25, 0.3) is 0 Å². The van der Waals surface area contributed by atoms with Crippen molar-refractivity contribution in [1.82, 2.24) is 5.06 Å². The predicted octanol–water partition coefficient (Wildman–Crippen LogP) is 1.71. The van der Waals surface area contributed by atoms with Crippen LogP contribution in [0.5, 0.6) is 0 Å². The molecule has 0 saturated carbocycles. The minimum absolute atomic E-state index is 0.168. The highest BCUT2D eigenvalue weighted by atomic mass is 32.2. The first-order valence-corrected chi connectivity index (χ1v) is 6.47. The van der Waals surface area contributed by atoms with Gasteiger partial charge in [0.2, 0.25) is 0 Å². The molecular formula is C12H13N3O3S. The number of amidine groups is 1. The number of ether oxygens (including phenoxy) is 1. The predicted molar refractivity (Wildman–Crippen MR) is 73.9 cm³/mol. The first kappa shape index (κ1) is 13.6. The van der Waals surface area contributed by atoms with E-state index in [1.165, 1.54) is 18.0 Å². The van der Waals surface area contributed by atoms with Crippen LogP contribution in [0.1, 0.15) is 6.92 Å². The van der Waals surface area contributed by atoms with Gasteiger partial charge in [-0.25, -0.2) is 14.9 Å². The number of carbonyl (C=O) groups is 1. The van der Waals surface area contributed by atoms with Gasteiger partial charge in [-0.3, -0.25) is 10.2 Å². The highest BCUT2D eigenvalue weighted by molar-refractivity contribution is 8.18. The highest BCUT2D eigenvalue weighted by Crippen LogP contribution is 2.33. The molecular weight excluding hydrogens is 266 g/mol. The van der Waals surface area contributed by atoms with Gasteiger partial charge in [-0.2, -0.15) is 0 Å². The van der Waals surface area contributed by atoms with E-state index in [1.54, 1.807) is 32.2 Å². The number of thioether (sulfide) groups is 1. The van der Waals surface area contributed by atoms with Crippen LogP contribution < -0.4 is 0 Å². The Morgan fingerprint density at radius 1 is 1.58 bits per heavy atom. The van der Waals surface area contributed by atoms with Gasteiger partial charge in [0.15, 0.2) is 10.9 Å². The summed E-state index contributed by atoms with van der Waals surface area (Å²) in [5.41, 5.74) is 0.638. The third-order valence-electron chi connectivity index (χ3n) is 2.35. The van der Waals surface area contributed by atoms with Crippen LogP contribution in [0.15, 0.2) is 45.0 Å². The molecule has 0 aromatic rings. The molecule has 2 aliphatic heterocycles. The Morgan fingerprint density at radius 3 is 3.00 bits per heavy atom. The molecule has 0 aliphatic carbocycles. The maximum absolute atomic E-state index is 11.9. The Morgan fingerprint density at radius 2 is 2.37 bits per heavy atom. The molecule has 7 heteroatoms. The molecule has 0 saturated heterocycles. The van der Waals surface area contributed by atoms with Crippen LogP contribution in [-0.4, -0.2) is 40.8 Å². The van der Waals surface area contributed by atoms with Crippen molar-refractivity contribution in [3.8, 4) is 0 Å². The number of nitrogens with zero attached hydrogens (tertiary/aromatic N) is 3. The smallest absolute Gasteiger partial charge is 0.358 e. The van der Waals surface area contributed by atoms with E-state index >= 15 is 0 Å². The Kier molecular flexibility index (Phi) is 4.18. The van der Waals surface area contributed by atoms with Crippen molar-refractivity contribution in [2.24, 2.45) is 9.98 Å². The number of hydrogen-bond acceptors (Lipinski definition) is 6. The van der Waals surface area contributed by atoms with Gasteiger partial charge in [-0.05, 0) is 30.8 Å². The van der Waals surface area contributed by atoms with E-state index in [-0.39, 0.29) is 12.3 Å². The van der Waals surface area contributed by atoms with E-state index in [4.69, 9.17) is 4.74 Å². The molecule has 0 aromatic carbocycles. The van der Waals surface area contributed by atoms with Crippen LogP contribution in [0.4, 0.5) is 0 Å². The van der Waals surface area contributed by atoms with E-state index < -0.39 is 5.97 Å². The summed E-state index contributed by atoms with van der Waals surface area (Å²) < 4.78 is 4.96. The van der Waals surface area contributed by atoms with Gasteiger partial charge in [0, 0.05) is 13.2 Å². The maximum atomic E-state index is 11.9. The largest absolute Gasteiger partial charge is 0.461 e. The van der Waals surface area contributed by atoms with E-state index in [1.807, 2.05) is 0 Å². The lowest BCUT2D eigenvalue weighted by atomic mass is 10.2. The number of allylic oxidation sites excluding steroid dienone is 3. The molecule has 19 heavy (non-hydrogen) atoms. The molecule has 2 aliphatic rings. The second-order valence-corrected chi connectivity index (χ2v) is 4.53. The zero-order valence-electron chi connectivity index (χ0n) is 10.5. The van der Waals surface area contributed by atoms with Gasteiger partial charge >= 0.3 is 5.97 Å². The molecule has 100 valence electrons. The molecule has 0 spiro atoms. The highest BCUT2D eigenvalue weighted by Gasteiger charge is 2.30. The number of hydroxylamine groups is 2. The summed E-state index contributed by atoms with van der Waals surface area (Å²) in [5.74, 6) is -0.521. The molecule has 0 radical (unpaired) electrons. The molecule has 0 bridgehead atoms. The lowest BCUT2D eigenvalue weighted by Crippen LogP contribution is -2.21. The van der Waals surface area contributed by atoms with E-state index in [0.717, 1.165) is 5.06 Å². The van der Waals surface area contributed by atoms with Crippen molar-refractivity contribution >= 4 is 28.6 Å². The van der Waals surface area contributed by atoms with Crippen molar-refractivity contribution in [1.29, 1.82) is 0 Å². The maximum Gasteiger partial charge on any atom is 0.358 e. The number of rotatable bonds is 2. The molecule has 2 heterocycles. The monoisotopic (exact) mass is 279 g/mol. The molecule has 6 nitrogen and oxygen atoms in total. The lowest BCUT2D eigenvalue weighted by Gasteiger charge is -2.17. The lowest BCUT2D eigenvalue weighted by molar-refractivity contribution is -0.134. The molecule has 0 fully saturated rings. The Balaban J connectivity index is 2.42. The molecule has 0 atom stereocenters. The quantitative estimate of drug-likeness (QED) is 0.779. The van der Waals surface area contributed by atoms with E-state index in [0.29, 0.717) is 15.8 Å². The third kappa shape index (κ3) is 2.77. The van der Waals surface area contributed by atoms with Crippen molar-refractivity contribution < 1.29 is 14.7 Å². The number of esters is 1. The van der Waals surface area contributed by atoms with Crippen LogP contribution >= 0.6 is 11.8 Å². The fourth-order valence-corrected chi connectivity index (χ4v) is 2.43. The number of carbonyl (C=O) groups excluding carboxylic acids is 1. The fourth-order valence-electron chi connectivity index (χ4n) is 1.53. The molecule has 2 rings (SSSR count). The Hall–Kier alpha value is -1.86. The van der Waals surface area contributed by atoms with Gasteiger partial charge < -0.3 is 4.74 Å². The zero-order chi connectivity index (χ0) is 13.8. The van der Waals surface area contributed by atoms with Gasteiger partial charge in [-0.15, -0.1) is 0 Å². The molecule has 0 unspecified atom stereocenters. The van der Waals surface area contributed by atoms with Crippen LogP contribution in [0.3, 0.4) is 0 Å². The van der Waals surface area contributed by atoms with Crippen molar-refractivity contribution in [3.63, 3.8) is 0 Å². The van der Waals surface area contributed by atoms with Crippen molar-refractivity contribution in [2.75, 3.05) is 13.7 Å². The average molecular weight is 279 g/mol. The van der Waals surface area contributed by atoms with Gasteiger partial charge in [-0.1, -0.05) is 6.08 Å². The summed E-state index contributed by atoms with van der Waals surface area (Å²) in [7, 11) is 1.59. The summed E-state index contributed by atoms with van der Waals surface area (Å²) in [5, 5.41) is 11.2. The topological polar surface area (TPSA) is 74.5 Å². The SMILES string of the molecule is CCOC(=O)C1=NC(=NC)SC1=C1C=CC=CN1O. The second kappa shape index (κ2) is 5.85. The number of aliphatic imine (C=N–C) groups is 2. The Bertz CT molecular complexity index is 546. The summed E-state index contributed by atoms with van der Waals surface area (Å²) >= 11 is 1.22. The van der Waals surface area contributed by atoms with Crippen LogP contribution in [-0.2, 0) is 9.53 Å². The van der Waals surface area contributed by atoms with Crippen LogP contribution in [0.2, 0.25) is 0 Å². The van der Waals surface area contributed by atoms with Gasteiger partial charge in [0.25, 0.3) is 0 Å². The minimum atomic E-state index is -0.521. The van der Waals surface area contributed by atoms with Gasteiger partial charge in [0.1, 0.15) is 0 Å². The van der Waals surface area contributed by atoms with Crippen LogP contribution in [0, 0.1) is 0 Å². The van der Waals surface area contributed by atoms with E-state index in [2.05, 4.69) is 9.98 Å². The Labute approximate surface area is 114 Å². The summed E-state index contributed by atoms with van der Waals surface area (Å²) in [6.45, 7) is 1.99. The summed E-state index contributed by atoms with van der Waals surface area (Å²) in [6.07, 6.45) is 6.61. The minimum Gasteiger partial charge on any atom is -0.461 e. The van der Waals surface area contributed by atoms with Crippen molar-refractivity contribution in [2.45, 2.75) is 6.92 Å². The zero-order valence-corrected chi connectivity index (χ0v) is 11.3. The summed E-state index contributed by atoms with van der Waals surface area (Å²) in [6, 6.07) is 0. The molecule has 0 amide bonds. The average Bonchev–Trinajstić information content (AvgIpc) is 2.83. The second-order valence-electron chi connectivity index (χ2n) is 3.55. The first-order valence-electron chi connectivity index (χ1n) is 5.65.